The monoisotopic (exact) mass is 348 g/mol. The molecule has 0 aromatic heterocycles. The topological polar surface area (TPSA) is 48.4 Å². The molecule has 2 saturated carbocycles. The van der Waals surface area contributed by atoms with Crippen molar-refractivity contribution >= 4 is 0 Å². The number of fused-ring (bicyclic) bond motifs is 5. The van der Waals surface area contributed by atoms with E-state index in [1.54, 1.807) is 0 Å². The molecular weight excluding hydrogens is 320 g/mol. The third-order valence-electron chi connectivity index (χ3n) is 8.03. The summed E-state index contributed by atoms with van der Waals surface area (Å²) in [4.78, 5) is 3.66. The number of phenols is 1. The quantitative estimate of drug-likeness (QED) is 0.743. The van der Waals surface area contributed by atoms with Crippen molar-refractivity contribution < 1.29 is 5.11 Å². The molecule has 6 atom stereocenters. The molecule has 0 heterocycles. The highest BCUT2D eigenvalue weighted by atomic mass is 16.3. The molecule has 0 saturated heterocycles. The number of hydrogen-bond donors (Lipinski definition) is 1. The van der Waals surface area contributed by atoms with Crippen LogP contribution in [-0.2, 0) is 12.8 Å². The van der Waals surface area contributed by atoms with Crippen LogP contribution in [0.15, 0.2) is 12.1 Å². The van der Waals surface area contributed by atoms with Crippen molar-refractivity contribution in [3.63, 3.8) is 0 Å². The lowest BCUT2D eigenvalue weighted by Crippen LogP contribution is -2.44. The maximum atomic E-state index is 10.2. The lowest BCUT2D eigenvalue weighted by molar-refractivity contribution is 0.0282. The summed E-state index contributed by atoms with van der Waals surface area (Å²) in [5.74, 6) is 2.60. The van der Waals surface area contributed by atoms with Crippen LogP contribution in [0.5, 0.6) is 5.75 Å². The summed E-state index contributed by atoms with van der Waals surface area (Å²) in [5, 5.41) is 19.7. The van der Waals surface area contributed by atoms with Crippen molar-refractivity contribution in [1.82, 2.24) is 0 Å². The van der Waals surface area contributed by atoms with Crippen LogP contribution >= 0.6 is 0 Å². The Hall–Kier alpha value is -2.00. The van der Waals surface area contributed by atoms with Gasteiger partial charge in [-0.2, -0.15) is 5.26 Å². The smallest absolute Gasteiger partial charge is 0.310 e. The van der Waals surface area contributed by atoms with Crippen molar-refractivity contribution in [1.29, 1.82) is 5.26 Å². The maximum Gasteiger partial charge on any atom is 0.310 e. The Labute approximate surface area is 156 Å². The van der Waals surface area contributed by atoms with Crippen LogP contribution in [-0.4, -0.2) is 11.1 Å². The molecule has 0 radical (unpaired) electrons. The average Bonchev–Trinajstić information content (AvgIpc) is 2.99. The number of rotatable bonds is 2. The first-order chi connectivity index (χ1) is 12.5. The Morgan fingerprint density at radius 3 is 2.85 bits per heavy atom. The van der Waals surface area contributed by atoms with Gasteiger partial charge in [-0.3, -0.25) is 4.85 Å². The molecule has 1 aromatic rings. The van der Waals surface area contributed by atoms with Gasteiger partial charge in [0.1, 0.15) is 5.75 Å². The highest BCUT2D eigenvalue weighted by Crippen LogP contribution is 2.63. The van der Waals surface area contributed by atoms with Gasteiger partial charge in [0.2, 0.25) is 0 Å². The van der Waals surface area contributed by atoms with Crippen molar-refractivity contribution in [3.05, 3.63) is 40.2 Å². The second kappa shape index (κ2) is 6.31. The molecule has 1 N–H and O–H groups in total. The van der Waals surface area contributed by atoms with Crippen molar-refractivity contribution in [2.24, 2.45) is 23.2 Å². The van der Waals surface area contributed by atoms with Gasteiger partial charge < -0.3 is 5.11 Å². The van der Waals surface area contributed by atoms with E-state index in [1.807, 2.05) is 6.07 Å². The first-order valence-corrected chi connectivity index (χ1v) is 10.1. The molecule has 1 unspecified atom stereocenters. The third kappa shape index (κ3) is 2.37. The van der Waals surface area contributed by atoms with E-state index in [-0.39, 0.29) is 11.3 Å². The fourth-order valence-electron chi connectivity index (χ4n) is 6.71. The van der Waals surface area contributed by atoms with Crippen LogP contribution in [0.2, 0.25) is 0 Å². The Kier molecular flexibility index (Phi) is 4.23. The standard InChI is InChI=1S/C23H28N2O/c1-4-14-11-18-15(12-22(14)26)5-6-17-16(18)9-10-23(2)19(17)7-8-20(23)21(13-24)25-3/h11-12,16-17,19-21,26H,4-10H2,1-2H3/t16-,17+,19-,20+,21?,23-/m0/s1. The molecule has 26 heavy (non-hydrogen) atoms. The molecule has 3 aliphatic rings. The highest BCUT2D eigenvalue weighted by molar-refractivity contribution is 5.45. The summed E-state index contributed by atoms with van der Waals surface area (Å²) in [7, 11) is 0. The van der Waals surface area contributed by atoms with Gasteiger partial charge in [-0.25, -0.2) is 6.57 Å². The SMILES string of the molecule is [C-]#[N+]C(C#N)[C@H]1CC[C@H]2[C@@H]3CCc4cc(O)c(CC)cc4[C@H]3CC[C@]12C. The normalized spacial score (nSPS) is 36.2. The van der Waals surface area contributed by atoms with Crippen LogP contribution < -0.4 is 0 Å². The number of phenolic OH excluding ortho intramolecular Hbond substituents is 1. The van der Waals surface area contributed by atoms with Gasteiger partial charge in [-0.15, -0.1) is 0 Å². The molecule has 0 aliphatic heterocycles. The van der Waals surface area contributed by atoms with E-state index in [0.29, 0.717) is 23.5 Å². The molecular formula is C23H28N2O. The summed E-state index contributed by atoms with van der Waals surface area (Å²) >= 11 is 0. The predicted molar refractivity (Wildman–Crippen MR) is 102 cm³/mol. The van der Waals surface area contributed by atoms with E-state index in [1.165, 1.54) is 24.0 Å². The number of aromatic hydroxyl groups is 1. The predicted octanol–water partition coefficient (Wildman–Crippen LogP) is 5.24. The Bertz CT molecular complexity index is 788. The lowest BCUT2D eigenvalue weighted by atomic mass is 9.53. The van der Waals surface area contributed by atoms with Gasteiger partial charge in [0, 0.05) is 0 Å². The number of benzene rings is 1. The Morgan fingerprint density at radius 1 is 1.35 bits per heavy atom. The molecule has 0 amide bonds. The second-order valence-electron chi connectivity index (χ2n) is 8.88. The van der Waals surface area contributed by atoms with Crippen LogP contribution in [0.3, 0.4) is 0 Å². The molecule has 3 heteroatoms. The van der Waals surface area contributed by atoms with E-state index in [9.17, 15) is 10.4 Å². The molecule has 136 valence electrons. The number of hydrogen-bond acceptors (Lipinski definition) is 2. The van der Waals surface area contributed by atoms with E-state index in [4.69, 9.17) is 6.57 Å². The van der Waals surface area contributed by atoms with Gasteiger partial charge >= 0.3 is 6.04 Å². The largest absolute Gasteiger partial charge is 0.508 e. The number of aryl methyl sites for hydroxylation is 2. The van der Waals surface area contributed by atoms with E-state index < -0.39 is 6.04 Å². The molecule has 2 fully saturated rings. The maximum absolute atomic E-state index is 10.2. The van der Waals surface area contributed by atoms with Crippen LogP contribution in [0.1, 0.15) is 68.6 Å². The zero-order chi connectivity index (χ0) is 18.5. The van der Waals surface area contributed by atoms with Crippen molar-refractivity contribution in [2.75, 3.05) is 0 Å². The molecule has 3 aliphatic carbocycles. The first-order valence-electron chi connectivity index (χ1n) is 10.1. The van der Waals surface area contributed by atoms with E-state index in [0.717, 1.165) is 37.7 Å². The zero-order valence-corrected chi connectivity index (χ0v) is 15.8. The van der Waals surface area contributed by atoms with E-state index in [2.05, 4.69) is 30.8 Å². The zero-order valence-electron chi connectivity index (χ0n) is 15.8. The average molecular weight is 348 g/mol. The van der Waals surface area contributed by atoms with Gasteiger partial charge in [0.05, 0.1) is 5.92 Å². The summed E-state index contributed by atoms with van der Waals surface area (Å²) in [6.45, 7) is 11.9. The summed E-state index contributed by atoms with van der Waals surface area (Å²) in [5.41, 5.74) is 4.03. The van der Waals surface area contributed by atoms with Crippen LogP contribution in [0, 0.1) is 41.1 Å². The fraction of sp³-hybridized carbons (Fsp3) is 0.652. The Morgan fingerprint density at radius 2 is 2.15 bits per heavy atom. The minimum absolute atomic E-state index is 0.147. The summed E-state index contributed by atoms with van der Waals surface area (Å²) in [6, 6.07) is 6.09. The van der Waals surface area contributed by atoms with E-state index >= 15 is 0 Å². The number of nitriles is 1. The fourth-order valence-corrected chi connectivity index (χ4v) is 6.71. The highest BCUT2D eigenvalue weighted by Gasteiger charge is 2.58. The molecule has 4 rings (SSSR count). The first kappa shape index (κ1) is 17.4. The van der Waals surface area contributed by atoms with Gasteiger partial charge in [-0.05, 0) is 90.9 Å². The molecule has 3 nitrogen and oxygen atoms in total. The molecule has 0 spiro atoms. The number of nitrogens with zero attached hydrogens (tertiary/aromatic N) is 2. The molecule has 0 bridgehead atoms. The third-order valence-corrected chi connectivity index (χ3v) is 8.03. The Balaban J connectivity index is 1.68. The van der Waals surface area contributed by atoms with Gasteiger partial charge in [-0.1, -0.05) is 19.9 Å². The summed E-state index contributed by atoms with van der Waals surface area (Å²) < 4.78 is 0. The minimum Gasteiger partial charge on any atom is -0.508 e. The van der Waals surface area contributed by atoms with Gasteiger partial charge in [0.15, 0.2) is 6.07 Å². The second-order valence-corrected chi connectivity index (χ2v) is 8.88. The van der Waals surface area contributed by atoms with Gasteiger partial charge in [0.25, 0.3) is 0 Å². The van der Waals surface area contributed by atoms with Crippen molar-refractivity contribution in [2.45, 2.75) is 70.8 Å². The van der Waals surface area contributed by atoms with Crippen molar-refractivity contribution in [3.8, 4) is 11.8 Å². The minimum atomic E-state index is -0.471. The molecule has 1 aromatic carbocycles. The summed E-state index contributed by atoms with van der Waals surface area (Å²) in [6.07, 6.45) is 7.59. The van der Waals surface area contributed by atoms with Crippen LogP contribution in [0.25, 0.3) is 4.85 Å². The lowest BCUT2D eigenvalue weighted by Gasteiger charge is -2.50. The van der Waals surface area contributed by atoms with Crippen LogP contribution in [0.4, 0.5) is 0 Å².